The van der Waals surface area contributed by atoms with Crippen LogP contribution in [0.25, 0.3) is 0 Å². The van der Waals surface area contributed by atoms with Crippen molar-refractivity contribution in [3.63, 3.8) is 0 Å². The molecule has 1 N–H and O–H groups in total. The number of hydrogen-bond donors (Lipinski definition) is 1. The number of nitrogens with zero attached hydrogens (tertiary/aromatic N) is 1. The van der Waals surface area contributed by atoms with Crippen LogP contribution in [0.4, 0.5) is 4.79 Å². The summed E-state index contributed by atoms with van der Waals surface area (Å²) in [4.78, 5) is 14.9. The number of aliphatic hydroxyl groups excluding tert-OH is 1. The van der Waals surface area contributed by atoms with Gasteiger partial charge in [0, 0.05) is 0 Å². The summed E-state index contributed by atoms with van der Waals surface area (Å²) < 4.78 is 18.1. The second kappa shape index (κ2) is 17.2. The number of carbonyl (C=O) groups is 1. The van der Waals surface area contributed by atoms with Gasteiger partial charge in [0.05, 0.1) is 25.4 Å². The summed E-state index contributed by atoms with van der Waals surface area (Å²) in [5.74, 6) is 0. The summed E-state index contributed by atoms with van der Waals surface area (Å²) in [7, 11) is 0. The first kappa shape index (κ1) is 33.6. The second-order valence-corrected chi connectivity index (χ2v) is 12.7. The van der Waals surface area contributed by atoms with E-state index in [4.69, 9.17) is 14.2 Å². The Balaban J connectivity index is 1.90. The Hall–Kier alpha value is -1.63. The second-order valence-electron chi connectivity index (χ2n) is 12.7. The fraction of sp³-hybridized carbons (Fsp3) is 0.788. The van der Waals surface area contributed by atoms with Gasteiger partial charge in [-0.1, -0.05) is 114 Å². The van der Waals surface area contributed by atoms with Crippen molar-refractivity contribution in [3.05, 3.63) is 35.9 Å². The van der Waals surface area contributed by atoms with Gasteiger partial charge in [-0.2, -0.15) is 0 Å². The Kier molecular flexibility index (Phi) is 14.8. The molecule has 1 aromatic carbocycles. The molecule has 1 aromatic rings. The van der Waals surface area contributed by atoms with Crippen LogP contribution in [0.1, 0.15) is 131 Å². The van der Waals surface area contributed by atoms with Crippen LogP contribution in [-0.4, -0.2) is 52.3 Å². The van der Waals surface area contributed by atoms with Crippen LogP contribution >= 0.6 is 0 Å². The molecule has 1 aliphatic rings. The normalized spacial score (nSPS) is 18.7. The van der Waals surface area contributed by atoms with Crippen LogP contribution in [0.2, 0.25) is 0 Å². The third kappa shape index (κ3) is 12.6. The van der Waals surface area contributed by atoms with E-state index in [-0.39, 0.29) is 0 Å². The molecule has 0 aliphatic carbocycles. The van der Waals surface area contributed by atoms with Crippen molar-refractivity contribution in [1.82, 2.24) is 4.90 Å². The zero-order valence-corrected chi connectivity index (χ0v) is 25.8. The van der Waals surface area contributed by atoms with E-state index >= 15 is 0 Å². The lowest BCUT2D eigenvalue weighted by molar-refractivity contribution is -0.0990. The molecule has 6 nitrogen and oxygen atoms in total. The van der Waals surface area contributed by atoms with E-state index in [0.717, 1.165) is 18.4 Å². The molecule has 0 unspecified atom stereocenters. The minimum Gasteiger partial charge on any atom is -0.444 e. The van der Waals surface area contributed by atoms with E-state index in [2.05, 4.69) is 6.92 Å². The highest BCUT2D eigenvalue weighted by Gasteiger charge is 2.50. The van der Waals surface area contributed by atoms with Gasteiger partial charge in [0.25, 0.3) is 0 Å². The van der Waals surface area contributed by atoms with Crippen molar-refractivity contribution in [2.75, 3.05) is 6.61 Å². The maximum Gasteiger partial charge on any atom is 0.412 e. The minimum atomic E-state index is -0.850. The predicted octanol–water partition coefficient (Wildman–Crippen LogP) is 8.40. The molecule has 6 heteroatoms. The fourth-order valence-electron chi connectivity index (χ4n) is 5.34. The zero-order valence-electron chi connectivity index (χ0n) is 25.8. The molecule has 0 spiro atoms. The van der Waals surface area contributed by atoms with Crippen molar-refractivity contribution >= 4 is 6.09 Å². The number of benzene rings is 1. The summed E-state index contributed by atoms with van der Waals surface area (Å²) in [5.41, 5.74) is -0.451. The molecule has 0 aromatic heterocycles. The van der Waals surface area contributed by atoms with Crippen molar-refractivity contribution in [2.24, 2.45) is 0 Å². The van der Waals surface area contributed by atoms with Gasteiger partial charge in [0.2, 0.25) is 0 Å². The number of aliphatic hydroxyl groups is 1. The predicted molar refractivity (Wildman–Crippen MR) is 159 cm³/mol. The van der Waals surface area contributed by atoms with Gasteiger partial charge in [-0.3, -0.25) is 4.90 Å². The molecule has 2 rings (SSSR count). The smallest absolute Gasteiger partial charge is 0.412 e. The minimum absolute atomic E-state index is 0.293. The van der Waals surface area contributed by atoms with Crippen molar-refractivity contribution in [1.29, 1.82) is 0 Å². The first-order valence-electron chi connectivity index (χ1n) is 15.5. The molecule has 0 bridgehead atoms. The topological polar surface area (TPSA) is 68.2 Å². The number of rotatable bonds is 18. The first-order valence-corrected chi connectivity index (χ1v) is 15.5. The average molecular weight is 548 g/mol. The highest BCUT2D eigenvalue weighted by atomic mass is 16.6. The van der Waals surface area contributed by atoms with Crippen LogP contribution in [0.3, 0.4) is 0 Å². The number of amides is 1. The molecule has 0 radical (unpaired) electrons. The van der Waals surface area contributed by atoms with Gasteiger partial charge >= 0.3 is 6.09 Å². The highest BCUT2D eigenvalue weighted by Crippen LogP contribution is 2.33. The van der Waals surface area contributed by atoms with E-state index in [1.165, 1.54) is 64.2 Å². The van der Waals surface area contributed by atoms with E-state index in [1.54, 1.807) is 4.90 Å². The highest BCUT2D eigenvalue weighted by molar-refractivity contribution is 5.70. The molecular weight excluding hydrogens is 490 g/mol. The summed E-state index contributed by atoms with van der Waals surface area (Å²) >= 11 is 0. The molecule has 1 aliphatic heterocycles. The van der Waals surface area contributed by atoms with E-state index in [9.17, 15) is 9.90 Å². The molecular formula is C33H57NO5. The first-order chi connectivity index (χ1) is 18.5. The van der Waals surface area contributed by atoms with Gasteiger partial charge in [0.1, 0.15) is 17.4 Å². The summed E-state index contributed by atoms with van der Waals surface area (Å²) in [6.07, 6.45) is 14.2. The molecule has 1 saturated heterocycles. The number of hydrogen-bond acceptors (Lipinski definition) is 5. The summed E-state index contributed by atoms with van der Waals surface area (Å²) in [6, 6.07) is 9.51. The zero-order chi connectivity index (χ0) is 28.7. The number of ether oxygens (including phenoxy) is 3. The van der Waals surface area contributed by atoms with E-state index in [0.29, 0.717) is 19.6 Å². The van der Waals surface area contributed by atoms with Gasteiger partial charge in [-0.15, -0.1) is 0 Å². The maximum absolute atomic E-state index is 13.2. The van der Waals surface area contributed by atoms with Crippen LogP contribution in [0, 0.1) is 0 Å². The van der Waals surface area contributed by atoms with Gasteiger partial charge in [-0.25, -0.2) is 4.79 Å². The molecule has 1 fully saturated rings. The van der Waals surface area contributed by atoms with Crippen LogP contribution in [0.15, 0.2) is 30.3 Å². The molecule has 39 heavy (non-hydrogen) atoms. The molecule has 1 heterocycles. The Bertz CT molecular complexity index is 791. The summed E-state index contributed by atoms with van der Waals surface area (Å²) in [6.45, 7) is 12.2. The van der Waals surface area contributed by atoms with Gasteiger partial charge in [0.15, 0.2) is 0 Å². The van der Waals surface area contributed by atoms with Gasteiger partial charge in [-0.05, 0) is 46.6 Å². The molecule has 0 saturated carbocycles. The Morgan fingerprint density at radius 2 is 1.51 bits per heavy atom. The Morgan fingerprint density at radius 3 is 2.05 bits per heavy atom. The lowest BCUT2D eigenvalue weighted by atomic mass is 9.98. The fourth-order valence-corrected chi connectivity index (χ4v) is 5.34. The average Bonchev–Trinajstić information content (AvgIpc) is 3.19. The quantitative estimate of drug-likeness (QED) is 0.187. The van der Waals surface area contributed by atoms with Crippen LogP contribution in [0.5, 0.6) is 0 Å². The SMILES string of the molecule is CCCCCCCCCCCCCC[C@H](O)[C@@H](OCc1ccccc1)[C@@H]1COC(C)(C)N1C(=O)OC(C)(C)C. The van der Waals surface area contributed by atoms with E-state index < -0.39 is 35.7 Å². The molecule has 1 amide bonds. The van der Waals surface area contributed by atoms with Gasteiger partial charge < -0.3 is 19.3 Å². The van der Waals surface area contributed by atoms with Crippen molar-refractivity contribution < 1.29 is 24.1 Å². The third-order valence-corrected chi connectivity index (χ3v) is 7.51. The number of unbranched alkanes of at least 4 members (excludes halogenated alkanes) is 11. The Labute approximate surface area is 238 Å². The number of carbonyl (C=O) groups excluding carboxylic acids is 1. The maximum atomic E-state index is 13.2. The lowest BCUT2D eigenvalue weighted by Gasteiger charge is -2.38. The summed E-state index contributed by atoms with van der Waals surface area (Å²) in [5, 5.41) is 11.4. The van der Waals surface area contributed by atoms with Crippen molar-refractivity contribution in [2.45, 2.75) is 161 Å². The Morgan fingerprint density at radius 1 is 0.974 bits per heavy atom. The van der Waals surface area contributed by atoms with Crippen LogP contribution < -0.4 is 0 Å². The van der Waals surface area contributed by atoms with E-state index in [1.807, 2.05) is 65.0 Å². The largest absolute Gasteiger partial charge is 0.444 e. The standard InChI is InChI=1S/C33H57NO5/c1-7-8-9-10-11-12-13-14-15-16-17-21-24-29(35)30(37-25-27-22-19-18-20-23-27)28-26-38-33(5,6)34(28)31(36)39-32(2,3)4/h18-20,22-23,28-30,35H,7-17,21,24-26H2,1-6H3/t28-,29-,30-/m0/s1. The third-order valence-electron chi connectivity index (χ3n) is 7.51. The van der Waals surface area contributed by atoms with Crippen LogP contribution in [-0.2, 0) is 20.8 Å². The molecule has 3 atom stereocenters. The monoisotopic (exact) mass is 547 g/mol. The molecule has 224 valence electrons. The van der Waals surface area contributed by atoms with Crippen molar-refractivity contribution in [3.8, 4) is 0 Å². The lowest BCUT2D eigenvalue weighted by Crippen LogP contribution is -2.56.